The maximum absolute atomic E-state index is 10.4. The van der Waals surface area contributed by atoms with Crippen LogP contribution in [0.15, 0.2) is 0 Å². The molecule has 0 aromatic carbocycles. The summed E-state index contributed by atoms with van der Waals surface area (Å²) in [6, 6.07) is 0.595. The van der Waals surface area contributed by atoms with Gasteiger partial charge in [-0.1, -0.05) is 0 Å². The normalized spacial score (nSPS) is 24.2. The highest BCUT2D eigenvalue weighted by molar-refractivity contribution is 5.66. The van der Waals surface area contributed by atoms with E-state index in [0.29, 0.717) is 12.5 Å². The molecule has 16 heavy (non-hydrogen) atoms. The average molecular weight is 228 g/mol. The van der Waals surface area contributed by atoms with E-state index in [2.05, 4.69) is 23.8 Å². The van der Waals surface area contributed by atoms with Gasteiger partial charge in [-0.15, -0.1) is 0 Å². The van der Waals surface area contributed by atoms with Crippen molar-refractivity contribution in [3.63, 3.8) is 0 Å². The second-order valence-electron chi connectivity index (χ2n) is 4.85. The van der Waals surface area contributed by atoms with Crippen molar-refractivity contribution in [2.75, 3.05) is 33.2 Å². The molecule has 1 aliphatic heterocycles. The monoisotopic (exact) mass is 228 g/mol. The lowest BCUT2D eigenvalue weighted by atomic mass is 10.2. The first-order valence-corrected chi connectivity index (χ1v) is 6.24. The van der Waals surface area contributed by atoms with Crippen molar-refractivity contribution >= 4 is 5.97 Å². The summed E-state index contributed by atoms with van der Waals surface area (Å²) in [5, 5.41) is 8.56. The number of aliphatic carboxylic acids is 1. The van der Waals surface area contributed by atoms with Gasteiger partial charge in [0.25, 0.3) is 0 Å². The summed E-state index contributed by atoms with van der Waals surface area (Å²) < 4.78 is 0. The Morgan fingerprint density at radius 1 is 1.38 bits per heavy atom. The van der Waals surface area contributed by atoms with Crippen LogP contribution in [-0.4, -0.2) is 60.1 Å². The average Bonchev–Trinajstić information content (AvgIpc) is 2.35. The van der Waals surface area contributed by atoms with Gasteiger partial charge in [-0.25, -0.2) is 0 Å². The van der Waals surface area contributed by atoms with Crippen LogP contribution >= 0.6 is 0 Å². The zero-order chi connectivity index (χ0) is 12.0. The number of hydrogen-bond donors (Lipinski definition) is 1. The first-order chi connectivity index (χ1) is 7.59. The maximum Gasteiger partial charge on any atom is 0.303 e. The summed E-state index contributed by atoms with van der Waals surface area (Å²) in [4.78, 5) is 15.3. The fourth-order valence-electron chi connectivity index (χ4n) is 2.35. The van der Waals surface area contributed by atoms with Gasteiger partial charge in [-0.05, 0) is 52.9 Å². The molecule has 0 bridgehead atoms. The SMILES string of the molecule is CC1CN(C)CCCN1CCCCC(=O)O. The first-order valence-electron chi connectivity index (χ1n) is 6.24. The molecule has 0 radical (unpaired) electrons. The van der Waals surface area contributed by atoms with Crippen LogP contribution < -0.4 is 0 Å². The number of nitrogens with zero attached hydrogens (tertiary/aromatic N) is 2. The summed E-state index contributed by atoms with van der Waals surface area (Å²) in [5.41, 5.74) is 0. The van der Waals surface area contributed by atoms with Gasteiger partial charge in [0.05, 0.1) is 0 Å². The van der Waals surface area contributed by atoms with Gasteiger partial charge >= 0.3 is 5.97 Å². The molecule has 1 heterocycles. The zero-order valence-corrected chi connectivity index (χ0v) is 10.5. The summed E-state index contributed by atoms with van der Waals surface area (Å²) in [6.45, 7) is 6.76. The topological polar surface area (TPSA) is 43.8 Å². The van der Waals surface area contributed by atoms with E-state index in [1.54, 1.807) is 0 Å². The summed E-state index contributed by atoms with van der Waals surface area (Å²) in [5.74, 6) is -0.677. The minimum Gasteiger partial charge on any atom is -0.481 e. The molecule has 4 heteroatoms. The number of carboxylic acid groups (broad SMARTS) is 1. The molecule has 0 aromatic rings. The van der Waals surface area contributed by atoms with E-state index in [1.165, 1.54) is 13.0 Å². The Bertz CT molecular complexity index is 221. The number of carboxylic acids is 1. The molecule has 1 unspecified atom stereocenters. The van der Waals surface area contributed by atoms with Gasteiger partial charge in [0.15, 0.2) is 0 Å². The smallest absolute Gasteiger partial charge is 0.303 e. The van der Waals surface area contributed by atoms with Crippen LogP contribution in [0, 0.1) is 0 Å². The highest BCUT2D eigenvalue weighted by Gasteiger charge is 2.18. The molecule has 1 fully saturated rings. The molecule has 0 spiro atoms. The predicted molar refractivity (Wildman–Crippen MR) is 64.6 cm³/mol. The van der Waals surface area contributed by atoms with E-state index in [0.717, 1.165) is 32.5 Å². The van der Waals surface area contributed by atoms with Crippen molar-refractivity contribution in [3.8, 4) is 0 Å². The lowest BCUT2D eigenvalue weighted by Gasteiger charge is -2.27. The van der Waals surface area contributed by atoms with Gasteiger partial charge in [0.1, 0.15) is 0 Å². The Labute approximate surface area is 98.2 Å². The minimum absolute atomic E-state index is 0.308. The van der Waals surface area contributed by atoms with Crippen LogP contribution in [0.2, 0.25) is 0 Å². The fourth-order valence-corrected chi connectivity index (χ4v) is 2.35. The highest BCUT2D eigenvalue weighted by atomic mass is 16.4. The number of carbonyl (C=O) groups is 1. The zero-order valence-electron chi connectivity index (χ0n) is 10.5. The molecule has 4 nitrogen and oxygen atoms in total. The number of unbranched alkanes of at least 4 members (excludes halogenated alkanes) is 1. The van der Waals surface area contributed by atoms with Crippen LogP contribution in [-0.2, 0) is 4.79 Å². The highest BCUT2D eigenvalue weighted by Crippen LogP contribution is 2.10. The van der Waals surface area contributed by atoms with Crippen molar-refractivity contribution in [1.82, 2.24) is 9.80 Å². The molecule has 0 saturated carbocycles. The molecule has 94 valence electrons. The Morgan fingerprint density at radius 3 is 2.81 bits per heavy atom. The standard InChI is InChI=1S/C12H24N2O2/c1-11-10-13(2)7-5-9-14(11)8-4-3-6-12(15)16/h11H,3-10H2,1-2H3,(H,15,16). The molecule has 1 rings (SSSR count). The molecule has 1 saturated heterocycles. The van der Waals surface area contributed by atoms with Gasteiger partial charge in [0, 0.05) is 19.0 Å². The molecule has 1 aliphatic rings. The van der Waals surface area contributed by atoms with Gasteiger partial charge in [-0.2, -0.15) is 0 Å². The molecule has 1 N–H and O–H groups in total. The summed E-state index contributed by atoms with van der Waals surface area (Å²) in [6.07, 6.45) is 3.33. The van der Waals surface area contributed by atoms with Gasteiger partial charge in [0.2, 0.25) is 0 Å². The van der Waals surface area contributed by atoms with E-state index in [-0.39, 0.29) is 0 Å². The lowest BCUT2D eigenvalue weighted by Crippen LogP contribution is -2.38. The molecular weight excluding hydrogens is 204 g/mol. The Kier molecular flexibility index (Phi) is 5.77. The minimum atomic E-state index is -0.677. The largest absolute Gasteiger partial charge is 0.481 e. The molecule has 0 amide bonds. The van der Waals surface area contributed by atoms with E-state index >= 15 is 0 Å². The Morgan fingerprint density at radius 2 is 2.12 bits per heavy atom. The van der Waals surface area contributed by atoms with E-state index in [1.807, 2.05) is 0 Å². The molecular formula is C12H24N2O2. The first kappa shape index (κ1) is 13.5. The second kappa shape index (κ2) is 6.86. The van der Waals surface area contributed by atoms with Gasteiger partial charge < -0.3 is 10.0 Å². The third-order valence-electron chi connectivity index (χ3n) is 3.27. The molecule has 1 atom stereocenters. The van der Waals surface area contributed by atoms with Crippen molar-refractivity contribution in [2.45, 2.75) is 38.6 Å². The quantitative estimate of drug-likeness (QED) is 0.720. The molecule has 0 aromatic heterocycles. The van der Waals surface area contributed by atoms with Gasteiger partial charge in [-0.3, -0.25) is 9.69 Å². The van der Waals surface area contributed by atoms with E-state index < -0.39 is 5.97 Å². The van der Waals surface area contributed by atoms with E-state index in [4.69, 9.17) is 5.11 Å². The fraction of sp³-hybridized carbons (Fsp3) is 0.917. The van der Waals surface area contributed by atoms with Crippen LogP contribution in [0.25, 0.3) is 0 Å². The summed E-state index contributed by atoms with van der Waals surface area (Å²) >= 11 is 0. The van der Waals surface area contributed by atoms with Crippen molar-refractivity contribution in [3.05, 3.63) is 0 Å². The van der Waals surface area contributed by atoms with Crippen LogP contribution in [0.5, 0.6) is 0 Å². The van der Waals surface area contributed by atoms with Crippen LogP contribution in [0.4, 0.5) is 0 Å². The lowest BCUT2D eigenvalue weighted by molar-refractivity contribution is -0.137. The van der Waals surface area contributed by atoms with Crippen molar-refractivity contribution < 1.29 is 9.90 Å². The number of hydrogen-bond acceptors (Lipinski definition) is 3. The third kappa shape index (κ3) is 4.94. The summed E-state index contributed by atoms with van der Waals surface area (Å²) in [7, 11) is 2.17. The van der Waals surface area contributed by atoms with Crippen LogP contribution in [0.3, 0.4) is 0 Å². The number of likely N-dealkylation sites (N-methyl/N-ethyl adjacent to an activating group) is 1. The van der Waals surface area contributed by atoms with E-state index in [9.17, 15) is 4.79 Å². The Hall–Kier alpha value is -0.610. The molecule has 0 aliphatic carbocycles. The maximum atomic E-state index is 10.4. The van der Waals surface area contributed by atoms with Crippen molar-refractivity contribution in [1.29, 1.82) is 0 Å². The van der Waals surface area contributed by atoms with Crippen molar-refractivity contribution in [2.24, 2.45) is 0 Å². The number of rotatable bonds is 5. The predicted octanol–water partition coefficient (Wildman–Crippen LogP) is 1.27. The second-order valence-corrected chi connectivity index (χ2v) is 4.85. The third-order valence-corrected chi connectivity index (χ3v) is 3.27. The van der Waals surface area contributed by atoms with Crippen LogP contribution in [0.1, 0.15) is 32.6 Å². The Balaban J connectivity index is 2.21.